The van der Waals surface area contributed by atoms with E-state index in [0.717, 1.165) is 37.6 Å². The molecular weight excluding hydrogens is 282 g/mol. The molecule has 2 saturated heterocycles. The Kier molecular flexibility index (Phi) is 4.13. The van der Waals surface area contributed by atoms with E-state index in [1.807, 2.05) is 23.3 Å². The number of carbonyl (C=O) groups is 1. The zero-order valence-corrected chi connectivity index (χ0v) is 13.5. The maximum atomic E-state index is 12.6. The summed E-state index contributed by atoms with van der Waals surface area (Å²) in [4.78, 5) is 21.5. The normalized spacial score (nSPS) is 26.4. The van der Waals surface area contributed by atoms with Gasteiger partial charge >= 0.3 is 0 Å². The lowest BCUT2D eigenvalue weighted by molar-refractivity contribution is 0.0363. The summed E-state index contributed by atoms with van der Waals surface area (Å²) in [6, 6.07) is 0. The fourth-order valence-corrected chi connectivity index (χ4v) is 4.39. The van der Waals surface area contributed by atoms with Crippen LogP contribution in [0, 0.1) is 6.92 Å². The van der Waals surface area contributed by atoms with Crippen LogP contribution in [0.15, 0.2) is 18.0 Å². The van der Waals surface area contributed by atoms with Crippen LogP contribution >= 0.6 is 11.3 Å². The summed E-state index contributed by atoms with van der Waals surface area (Å²) in [6.07, 6.45) is 6.69. The second kappa shape index (κ2) is 5.89. The highest BCUT2D eigenvalue weighted by Gasteiger charge is 2.44. The number of thiazole rings is 1. The molecule has 4 nitrogen and oxygen atoms in total. The highest BCUT2D eigenvalue weighted by Crippen LogP contribution is 2.37. The first-order chi connectivity index (χ1) is 10.1. The van der Waals surface area contributed by atoms with Crippen LogP contribution in [-0.4, -0.2) is 52.4 Å². The third-order valence-electron chi connectivity index (χ3n) is 4.77. The van der Waals surface area contributed by atoms with Crippen LogP contribution in [-0.2, 0) is 0 Å². The molecule has 0 N–H and O–H groups in total. The number of piperidine rings is 1. The smallest absolute Gasteiger partial charge is 0.273 e. The third kappa shape index (κ3) is 2.77. The first-order valence-electron chi connectivity index (χ1n) is 7.72. The summed E-state index contributed by atoms with van der Waals surface area (Å²) >= 11 is 1.55. The van der Waals surface area contributed by atoms with E-state index in [0.29, 0.717) is 5.69 Å². The molecule has 3 heterocycles. The molecule has 2 aliphatic heterocycles. The highest BCUT2D eigenvalue weighted by atomic mass is 32.1. The lowest BCUT2D eigenvalue weighted by atomic mass is 9.86. The number of hydrogen-bond acceptors (Lipinski definition) is 4. The predicted octanol–water partition coefficient (Wildman–Crippen LogP) is 2.71. The second-order valence-corrected chi connectivity index (χ2v) is 7.21. The topological polar surface area (TPSA) is 36.4 Å². The molecule has 1 unspecified atom stereocenters. The van der Waals surface area contributed by atoms with Gasteiger partial charge in [0.2, 0.25) is 0 Å². The largest absolute Gasteiger partial charge is 0.335 e. The van der Waals surface area contributed by atoms with Crippen molar-refractivity contribution < 1.29 is 4.79 Å². The number of carbonyl (C=O) groups excluding carboxylic acids is 1. The molecule has 5 heteroatoms. The number of nitrogens with zero attached hydrogens (tertiary/aromatic N) is 3. The predicted molar refractivity (Wildman–Crippen MR) is 85.7 cm³/mol. The van der Waals surface area contributed by atoms with E-state index in [-0.39, 0.29) is 11.4 Å². The Bertz CT molecular complexity index is 541. The number of likely N-dealkylation sites (tertiary alicyclic amines) is 2. The fraction of sp³-hybridized carbons (Fsp3) is 0.625. The lowest BCUT2D eigenvalue weighted by Gasteiger charge is -2.45. The number of aryl methyl sites for hydroxylation is 1. The van der Waals surface area contributed by atoms with Crippen molar-refractivity contribution in [3.05, 3.63) is 28.7 Å². The fourth-order valence-electron chi connectivity index (χ4n) is 3.81. The molecule has 1 spiro atoms. The van der Waals surface area contributed by atoms with Gasteiger partial charge in [-0.2, -0.15) is 0 Å². The first kappa shape index (κ1) is 14.7. The molecule has 3 rings (SSSR count). The van der Waals surface area contributed by atoms with E-state index < -0.39 is 0 Å². The number of hydrogen-bond donors (Lipinski definition) is 0. The van der Waals surface area contributed by atoms with Crippen LogP contribution in [0.4, 0.5) is 0 Å². The van der Waals surface area contributed by atoms with Gasteiger partial charge in [-0.3, -0.25) is 9.69 Å². The Morgan fingerprint density at radius 2 is 2.24 bits per heavy atom. The van der Waals surface area contributed by atoms with E-state index in [4.69, 9.17) is 0 Å². The van der Waals surface area contributed by atoms with Crippen molar-refractivity contribution in [2.24, 2.45) is 0 Å². The van der Waals surface area contributed by atoms with Gasteiger partial charge in [0.15, 0.2) is 0 Å². The number of amides is 1. The van der Waals surface area contributed by atoms with Gasteiger partial charge < -0.3 is 4.90 Å². The molecule has 0 aliphatic carbocycles. The zero-order chi connectivity index (χ0) is 14.9. The second-order valence-electron chi connectivity index (χ2n) is 6.14. The van der Waals surface area contributed by atoms with Crippen molar-refractivity contribution in [2.45, 2.75) is 38.1 Å². The van der Waals surface area contributed by atoms with Crippen LogP contribution in [0.5, 0.6) is 0 Å². The summed E-state index contributed by atoms with van der Waals surface area (Å²) in [5.41, 5.74) is 0.787. The SMILES string of the molecule is C=CCN1CCCC12CCCN(C(=O)c1csc(C)n1)C2. The van der Waals surface area contributed by atoms with Crippen LogP contribution in [0.25, 0.3) is 0 Å². The monoisotopic (exact) mass is 305 g/mol. The molecule has 0 radical (unpaired) electrons. The van der Waals surface area contributed by atoms with Gasteiger partial charge in [0.05, 0.1) is 5.01 Å². The minimum atomic E-state index is 0.101. The van der Waals surface area contributed by atoms with E-state index in [1.165, 1.54) is 19.3 Å². The first-order valence-corrected chi connectivity index (χ1v) is 8.60. The molecular formula is C16H23N3OS. The van der Waals surface area contributed by atoms with Gasteiger partial charge in [-0.25, -0.2) is 4.98 Å². The molecule has 2 fully saturated rings. The zero-order valence-electron chi connectivity index (χ0n) is 12.7. The van der Waals surface area contributed by atoms with Crippen LogP contribution in [0.2, 0.25) is 0 Å². The summed E-state index contributed by atoms with van der Waals surface area (Å²) in [5.74, 6) is 0.101. The maximum absolute atomic E-state index is 12.6. The van der Waals surface area contributed by atoms with Gasteiger partial charge in [0.1, 0.15) is 5.69 Å². The van der Waals surface area contributed by atoms with Crippen molar-refractivity contribution in [1.82, 2.24) is 14.8 Å². The average molecular weight is 305 g/mol. The highest BCUT2D eigenvalue weighted by molar-refractivity contribution is 7.09. The molecule has 2 aliphatic rings. The van der Waals surface area contributed by atoms with Gasteiger partial charge in [-0.1, -0.05) is 6.08 Å². The number of rotatable bonds is 3. The van der Waals surface area contributed by atoms with Crippen LogP contribution < -0.4 is 0 Å². The number of aromatic nitrogens is 1. The van der Waals surface area contributed by atoms with Crippen molar-refractivity contribution in [1.29, 1.82) is 0 Å². The molecule has 0 aromatic carbocycles. The van der Waals surface area contributed by atoms with Crippen molar-refractivity contribution in [3.8, 4) is 0 Å². The molecule has 1 atom stereocenters. The minimum Gasteiger partial charge on any atom is -0.335 e. The third-order valence-corrected chi connectivity index (χ3v) is 5.54. The summed E-state index contributed by atoms with van der Waals surface area (Å²) in [7, 11) is 0. The average Bonchev–Trinajstić information content (AvgIpc) is 3.07. The molecule has 1 aromatic rings. The Labute approximate surface area is 130 Å². The van der Waals surface area contributed by atoms with Crippen molar-refractivity contribution >= 4 is 17.2 Å². The molecule has 1 aromatic heterocycles. The summed E-state index contributed by atoms with van der Waals surface area (Å²) in [5, 5.41) is 2.84. The maximum Gasteiger partial charge on any atom is 0.273 e. The van der Waals surface area contributed by atoms with Gasteiger partial charge in [0, 0.05) is 30.6 Å². The van der Waals surface area contributed by atoms with Crippen molar-refractivity contribution in [3.63, 3.8) is 0 Å². The van der Waals surface area contributed by atoms with E-state index in [9.17, 15) is 4.79 Å². The van der Waals surface area contributed by atoms with Crippen molar-refractivity contribution in [2.75, 3.05) is 26.2 Å². The van der Waals surface area contributed by atoms with Gasteiger partial charge in [-0.05, 0) is 39.2 Å². The van der Waals surface area contributed by atoms with Gasteiger partial charge in [0.25, 0.3) is 5.91 Å². The van der Waals surface area contributed by atoms with E-state index in [2.05, 4.69) is 16.5 Å². The Balaban J connectivity index is 1.76. The van der Waals surface area contributed by atoms with E-state index >= 15 is 0 Å². The van der Waals surface area contributed by atoms with E-state index in [1.54, 1.807) is 11.3 Å². The summed E-state index contributed by atoms with van der Waals surface area (Å²) < 4.78 is 0. The Morgan fingerprint density at radius 1 is 1.48 bits per heavy atom. The van der Waals surface area contributed by atoms with Crippen LogP contribution in [0.3, 0.4) is 0 Å². The lowest BCUT2D eigenvalue weighted by Crippen LogP contribution is -2.56. The Morgan fingerprint density at radius 3 is 2.90 bits per heavy atom. The quantitative estimate of drug-likeness (QED) is 0.806. The standard InChI is InChI=1S/C16H23N3OS/c1-3-8-19-10-5-7-16(19)6-4-9-18(12-16)15(20)14-11-21-13(2)17-14/h3,11H,1,4-10,12H2,2H3. The molecule has 1 amide bonds. The Hall–Kier alpha value is -1.20. The van der Waals surface area contributed by atoms with Crippen LogP contribution in [0.1, 0.15) is 41.2 Å². The molecule has 21 heavy (non-hydrogen) atoms. The molecule has 0 bridgehead atoms. The molecule has 114 valence electrons. The summed E-state index contributed by atoms with van der Waals surface area (Å²) in [6.45, 7) is 9.58. The molecule has 0 saturated carbocycles. The minimum absolute atomic E-state index is 0.101. The van der Waals surface area contributed by atoms with Gasteiger partial charge in [-0.15, -0.1) is 17.9 Å².